The summed E-state index contributed by atoms with van der Waals surface area (Å²) >= 11 is 0. The molecule has 0 spiro atoms. The van der Waals surface area contributed by atoms with Crippen LogP contribution in [0.25, 0.3) is 10.8 Å². The molecule has 0 saturated heterocycles. The molecule has 1 unspecified atom stereocenters. The Morgan fingerprint density at radius 3 is 2.46 bits per heavy atom. The molecule has 0 aliphatic rings. The van der Waals surface area contributed by atoms with Crippen molar-refractivity contribution in [2.24, 2.45) is 0 Å². The molecule has 0 aliphatic heterocycles. The summed E-state index contributed by atoms with van der Waals surface area (Å²) in [4.78, 5) is 24.9. The van der Waals surface area contributed by atoms with E-state index in [-0.39, 0.29) is 30.6 Å². The molecule has 0 aliphatic carbocycles. The summed E-state index contributed by atoms with van der Waals surface area (Å²) < 4.78 is 5.26. The molecule has 1 atom stereocenters. The first-order valence-corrected chi connectivity index (χ1v) is 9.44. The third kappa shape index (κ3) is 4.58. The third-order valence-corrected chi connectivity index (χ3v) is 4.89. The number of hydrogen-bond donors (Lipinski definition) is 1. The topological polar surface area (TPSA) is 55.4 Å². The van der Waals surface area contributed by atoms with Crippen LogP contribution in [0.4, 0.5) is 0 Å². The van der Waals surface area contributed by atoms with Gasteiger partial charge in [0, 0.05) is 12.8 Å². The number of Topliss-reactive ketones (excluding diaryl/α,β-unsaturated/α-hetero) is 1. The quantitative estimate of drug-likeness (QED) is 0.592. The Kier molecular flexibility index (Phi) is 6.09. The fourth-order valence-corrected chi connectivity index (χ4v) is 3.28. The molecule has 3 rings (SSSR count). The lowest BCUT2D eigenvalue weighted by Crippen LogP contribution is -2.27. The van der Waals surface area contributed by atoms with E-state index in [1.54, 1.807) is 19.2 Å². The zero-order valence-electron chi connectivity index (χ0n) is 16.5. The van der Waals surface area contributed by atoms with Crippen molar-refractivity contribution in [1.82, 2.24) is 5.32 Å². The Labute approximate surface area is 165 Å². The van der Waals surface area contributed by atoms with Gasteiger partial charge in [-0.3, -0.25) is 9.59 Å². The van der Waals surface area contributed by atoms with E-state index < -0.39 is 0 Å². The average molecular weight is 375 g/mol. The highest BCUT2D eigenvalue weighted by atomic mass is 16.5. The summed E-state index contributed by atoms with van der Waals surface area (Å²) in [5.41, 5.74) is 2.55. The van der Waals surface area contributed by atoms with Crippen molar-refractivity contribution in [3.8, 4) is 5.75 Å². The van der Waals surface area contributed by atoms with Crippen LogP contribution >= 0.6 is 0 Å². The average Bonchev–Trinajstić information content (AvgIpc) is 2.71. The molecule has 0 heterocycles. The van der Waals surface area contributed by atoms with Crippen LogP contribution in [0.3, 0.4) is 0 Å². The minimum absolute atomic E-state index is 0.0888. The number of ether oxygens (including phenoxy) is 1. The standard InChI is InChI=1S/C24H25NO3/c1-16-8-12-23(28-3)21(14-16)22(26)11-13-24(27)25-17(2)19-10-9-18-6-4-5-7-20(18)15-19/h4-10,12,14-15,17H,11,13H2,1-3H3,(H,25,27). The predicted octanol–water partition coefficient (Wildman–Crippen LogP) is 5.00. The summed E-state index contributed by atoms with van der Waals surface area (Å²) in [6, 6.07) is 19.7. The lowest BCUT2D eigenvalue weighted by Gasteiger charge is -2.15. The van der Waals surface area contributed by atoms with Crippen LogP contribution in [0.5, 0.6) is 5.75 Å². The van der Waals surface area contributed by atoms with Gasteiger partial charge in [-0.25, -0.2) is 0 Å². The maximum Gasteiger partial charge on any atom is 0.220 e. The molecule has 144 valence electrons. The third-order valence-electron chi connectivity index (χ3n) is 4.89. The molecule has 4 heteroatoms. The second-order valence-corrected chi connectivity index (χ2v) is 7.02. The van der Waals surface area contributed by atoms with Crippen LogP contribution in [0.1, 0.15) is 47.3 Å². The highest BCUT2D eigenvalue weighted by Crippen LogP contribution is 2.23. The summed E-state index contributed by atoms with van der Waals surface area (Å²) in [7, 11) is 1.54. The van der Waals surface area contributed by atoms with Crippen molar-refractivity contribution in [3.05, 3.63) is 77.4 Å². The van der Waals surface area contributed by atoms with Gasteiger partial charge in [-0.15, -0.1) is 0 Å². The van der Waals surface area contributed by atoms with E-state index in [4.69, 9.17) is 4.74 Å². The SMILES string of the molecule is COc1ccc(C)cc1C(=O)CCC(=O)NC(C)c1ccc2ccccc2c1. The molecule has 0 fully saturated rings. The van der Waals surface area contributed by atoms with Gasteiger partial charge >= 0.3 is 0 Å². The Balaban J connectivity index is 1.60. The number of aryl methyl sites for hydroxylation is 1. The maximum absolute atomic E-state index is 12.5. The van der Waals surface area contributed by atoms with E-state index in [1.165, 1.54) is 5.39 Å². The van der Waals surface area contributed by atoms with Crippen molar-refractivity contribution >= 4 is 22.5 Å². The molecule has 3 aromatic rings. The van der Waals surface area contributed by atoms with E-state index in [1.807, 2.05) is 38.1 Å². The first-order valence-electron chi connectivity index (χ1n) is 9.44. The lowest BCUT2D eigenvalue weighted by molar-refractivity contribution is -0.121. The zero-order valence-corrected chi connectivity index (χ0v) is 16.5. The number of ketones is 1. The van der Waals surface area contributed by atoms with E-state index in [2.05, 4.69) is 29.6 Å². The fourth-order valence-electron chi connectivity index (χ4n) is 3.28. The Morgan fingerprint density at radius 1 is 0.964 bits per heavy atom. The van der Waals surface area contributed by atoms with Gasteiger partial charge in [0.25, 0.3) is 0 Å². The molecule has 0 saturated carbocycles. The molecule has 4 nitrogen and oxygen atoms in total. The molecule has 0 aromatic heterocycles. The van der Waals surface area contributed by atoms with Gasteiger partial charge in [-0.2, -0.15) is 0 Å². The second-order valence-electron chi connectivity index (χ2n) is 7.02. The molecule has 1 N–H and O–H groups in total. The number of carbonyl (C=O) groups excluding carboxylic acids is 2. The second kappa shape index (κ2) is 8.70. The van der Waals surface area contributed by atoms with Crippen LogP contribution in [0.2, 0.25) is 0 Å². The van der Waals surface area contributed by atoms with Crippen LogP contribution < -0.4 is 10.1 Å². The van der Waals surface area contributed by atoms with Crippen molar-refractivity contribution < 1.29 is 14.3 Å². The predicted molar refractivity (Wildman–Crippen MR) is 112 cm³/mol. The molecular weight excluding hydrogens is 350 g/mol. The minimum atomic E-state index is -0.138. The fraction of sp³-hybridized carbons (Fsp3) is 0.250. The van der Waals surface area contributed by atoms with Crippen molar-refractivity contribution in [2.75, 3.05) is 7.11 Å². The Bertz CT molecular complexity index is 1010. The highest BCUT2D eigenvalue weighted by Gasteiger charge is 2.16. The van der Waals surface area contributed by atoms with Gasteiger partial charge in [0.2, 0.25) is 5.91 Å². The number of carbonyl (C=O) groups is 2. The molecule has 1 amide bonds. The van der Waals surface area contributed by atoms with Crippen LogP contribution in [-0.4, -0.2) is 18.8 Å². The normalized spacial score (nSPS) is 11.8. The van der Waals surface area contributed by atoms with E-state index in [9.17, 15) is 9.59 Å². The first kappa shape index (κ1) is 19.6. The van der Waals surface area contributed by atoms with E-state index in [0.717, 1.165) is 16.5 Å². The molecule has 0 radical (unpaired) electrons. The number of fused-ring (bicyclic) bond motifs is 1. The zero-order chi connectivity index (χ0) is 20.1. The van der Waals surface area contributed by atoms with Gasteiger partial charge in [-0.05, 0) is 48.4 Å². The van der Waals surface area contributed by atoms with Crippen molar-refractivity contribution in [1.29, 1.82) is 0 Å². The number of amides is 1. The van der Waals surface area contributed by atoms with Crippen LogP contribution in [0.15, 0.2) is 60.7 Å². The van der Waals surface area contributed by atoms with Crippen LogP contribution in [0, 0.1) is 6.92 Å². The maximum atomic E-state index is 12.5. The van der Waals surface area contributed by atoms with E-state index in [0.29, 0.717) is 11.3 Å². The summed E-state index contributed by atoms with van der Waals surface area (Å²) in [6.07, 6.45) is 0.296. The summed E-state index contributed by atoms with van der Waals surface area (Å²) in [5, 5.41) is 5.30. The van der Waals surface area contributed by atoms with Crippen LogP contribution in [-0.2, 0) is 4.79 Å². The van der Waals surface area contributed by atoms with Gasteiger partial charge < -0.3 is 10.1 Å². The monoisotopic (exact) mass is 375 g/mol. The van der Waals surface area contributed by atoms with Gasteiger partial charge in [-0.1, -0.05) is 48.0 Å². The van der Waals surface area contributed by atoms with Gasteiger partial charge in [0.1, 0.15) is 5.75 Å². The van der Waals surface area contributed by atoms with Gasteiger partial charge in [0.05, 0.1) is 18.7 Å². The Hall–Kier alpha value is -3.14. The smallest absolute Gasteiger partial charge is 0.220 e. The number of rotatable bonds is 7. The molecule has 3 aromatic carbocycles. The molecular formula is C24H25NO3. The minimum Gasteiger partial charge on any atom is -0.496 e. The molecule has 0 bridgehead atoms. The number of hydrogen-bond acceptors (Lipinski definition) is 3. The number of nitrogens with one attached hydrogen (secondary N) is 1. The van der Waals surface area contributed by atoms with Crippen molar-refractivity contribution in [2.45, 2.75) is 32.7 Å². The summed E-state index contributed by atoms with van der Waals surface area (Å²) in [5.74, 6) is 0.315. The molecule has 28 heavy (non-hydrogen) atoms. The van der Waals surface area contributed by atoms with Crippen molar-refractivity contribution in [3.63, 3.8) is 0 Å². The number of methoxy groups -OCH3 is 1. The number of benzene rings is 3. The summed E-state index contributed by atoms with van der Waals surface area (Å²) in [6.45, 7) is 3.88. The van der Waals surface area contributed by atoms with Gasteiger partial charge in [0.15, 0.2) is 5.78 Å². The largest absolute Gasteiger partial charge is 0.496 e. The first-order chi connectivity index (χ1) is 13.5. The Morgan fingerprint density at radius 2 is 1.71 bits per heavy atom. The lowest BCUT2D eigenvalue weighted by atomic mass is 10.0. The van der Waals surface area contributed by atoms with E-state index >= 15 is 0 Å². The highest BCUT2D eigenvalue weighted by molar-refractivity contribution is 6.00.